The van der Waals surface area contributed by atoms with Crippen LogP contribution in [-0.4, -0.2) is 13.1 Å². The summed E-state index contributed by atoms with van der Waals surface area (Å²) < 4.78 is 0. The summed E-state index contributed by atoms with van der Waals surface area (Å²) in [5.74, 6) is 0.132. The molecule has 1 aromatic rings. The summed E-state index contributed by atoms with van der Waals surface area (Å²) in [6, 6.07) is 12.2. The Balaban J connectivity index is 2.16. The summed E-state index contributed by atoms with van der Waals surface area (Å²) in [6.07, 6.45) is 0.906. The highest BCUT2D eigenvalue weighted by Gasteiger charge is 2.35. The second-order valence-electron chi connectivity index (χ2n) is 5.54. The molecule has 0 aliphatic carbocycles. The van der Waals surface area contributed by atoms with E-state index in [1.165, 1.54) is 0 Å². The molecule has 1 atom stereocenters. The zero-order valence-corrected chi connectivity index (χ0v) is 10.8. The molecular weight excluding hydrogens is 222 g/mol. The van der Waals surface area contributed by atoms with E-state index in [1.807, 2.05) is 24.3 Å². The average molecular weight is 239 g/mol. The van der Waals surface area contributed by atoms with E-state index < -0.39 is 0 Å². The van der Waals surface area contributed by atoms with Crippen LogP contribution < -0.4 is 4.90 Å². The minimum Gasteiger partial charge on any atom is -0.371 e. The molecule has 1 fully saturated rings. The monoisotopic (exact) mass is 239 g/mol. The minimum absolute atomic E-state index is 0.0148. The predicted octanol–water partition coefficient (Wildman–Crippen LogP) is 2.93. The smallest absolute Gasteiger partial charge is 0.0991 e. The van der Waals surface area contributed by atoms with Gasteiger partial charge in [-0.3, -0.25) is 0 Å². The van der Waals surface area contributed by atoms with Crippen LogP contribution in [-0.2, 0) is 0 Å². The second kappa shape index (κ2) is 4.70. The minimum atomic E-state index is 0.0148. The van der Waals surface area contributed by atoms with Crippen molar-refractivity contribution < 1.29 is 0 Å². The van der Waals surface area contributed by atoms with Gasteiger partial charge in [0.15, 0.2) is 0 Å². The molecule has 2 rings (SSSR count). The highest BCUT2D eigenvalue weighted by Crippen LogP contribution is 2.36. The van der Waals surface area contributed by atoms with Gasteiger partial charge >= 0.3 is 0 Å². The van der Waals surface area contributed by atoms with Crippen LogP contribution in [0.1, 0.15) is 25.8 Å². The Hall–Kier alpha value is -2.00. The zero-order chi connectivity index (χ0) is 13.2. The lowest BCUT2D eigenvalue weighted by atomic mass is 9.74. The van der Waals surface area contributed by atoms with Crippen LogP contribution in [0.2, 0.25) is 0 Å². The SMILES string of the molecule is CC1(C)CN(c2ccc(C#N)cc2)CCC1C#N. The fourth-order valence-electron chi connectivity index (χ4n) is 2.56. The molecule has 3 nitrogen and oxygen atoms in total. The van der Waals surface area contributed by atoms with Crippen LogP contribution in [0.3, 0.4) is 0 Å². The first kappa shape index (κ1) is 12.5. The Morgan fingerprint density at radius 2 is 1.89 bits per heavy atom. The molecule has 0 aromatic heterocycles. The second-order valence-corrected chi connectivity index (χ2v) is 5.54. The molecular formula is C15H17N3. The highest BCUT2D eigenvalue weighted by molar-refractivity contribution is 5.50. The molecule has 0 bridgehead atoms. The maximum absolute atomic E-state index is 9.15. The van der Waals surface area contributed by atoms with Crippen molar-refractivity contribution in [2.45, 2.75) is 20.3 Å². The number of piperidine rings is 1. The van der Waals surface area contributed by atoms with Crippen LogP contribution in [0.4, 0.5) is 5.69 Å². The third-order valence-corrected chi connectivity index (χ3v) is 3.75. The lowest BCUT2D eigenvalue weighted by Crippen LogP contribution is -2.45. The molecule has 0 spiro atoms. The van der Waals surface area contributed by atoms with E-state index >= 15 is 0 Å². The number of anilines is 1. The quantitative estimate of drug-likeness (QED) is 0.757. The summed E-state index contributed by atoms with van der Waals surface area (Å²) in [7, 11) is 0. The Kier molecular flexibility index (Phi) is 3.26. The highest BCUT2D eigenvalue weighted by atomic mass is 15.1. The van der Waals surface area contributed by atoms with Crippen LogP contribution in [0, 0.1) is 34.0 Å². The maximum Gasteiger partial charge on any atom is 0.0991 e. The predicted molar refractivity (Wildman–Crippen MR) is 70.9 cm³/mol. The molecule has 92 valence electrons. The number of rotatable bonds is 1. The van der Waals surface area contributed by atoms with Crippen molar-refractivity contribution in [3.63, 3.8) is 0 Å². The molecule has 1 aromatic carbocycles. The van der Waals surface area contributed by atoms with Gasteiger partial charge in [0, 0.05) is 18.8 Å². The summed E-state index contributed by atoms with van der Waals surface area (Å²) >= 11 is 0. The van der Waals surface area contributed by atoms with Gasteiger partial charge in [-0.1, -0.05) is 13.8 Å². The van der Waals surface area contributed by atoms with Gasteiger partial charge in [-0.2, -0.15) is 10.5 Å². The summed E-state index contributed by atoms with van der Waals surface area (Å²) in [4.78, 5) is 2.30. The van der Waals surface area contributed by atoms with Gasteiger partial charge in [0.1, 0.15) is 0 Å². The molecule has 0 N–H and O–H groups in total. The van der Waals surface area contributed by atoms with Gasteiger partial charge in [0.25, 0.3) is 0 Å². The van der Waals surface area contributed by atoms with Crippen molar-refractivity contribution in [3.8, 4) is 12.1 Å². The van der Waals surface area contributed by atoms with Crippen molar-refractivity contribution >= 4 is 5.69 Å². The van der Waals surface area contributed by atoms with Crippen molar-refractivity contribution in [2.75, 3.05) is 18.0 Å². The average Bonchev–Trinajstić information content (AvgIpc) is 2.37. The van der Waals surface area contributed by atoms with Gasteiger partial charge in [-0.25, -0.2) is 0 Å². The van der Waals surface area contributed by atoms with E-state index in [-0.39, 0.29) is 11.3 Å². The van der Waals surface area contributed by atoms with E-state index in [9.17, 15) is 0 Å². The Bertz CT molecular complexity index is 502. The van der Waals surface area contributed by atoms with Crippen molar-refractivity contribution in [1.82, 2.24) is 0 Å². The van der Waals surface area contributed by atoms with E-state index in [2.05, 4.69) is 30.9 Å². The lowest BCUT2D eigenvalue weighted by molar-refractivity contribution is 0.226. The van der Waals surface area contributed by atoms with Gasteiger partial charge in [-0.15, -0.1) is 0 Å². The number of hydrogen-bond acceptors (Lipinski definition) is 3. The summed E-state index contributed by atoms with van der Waals surface area (Å²) in [6.45, 7) is 6.10. The number of nitriles is 2. The lowest BCUT2D eigenvalue weighted by Gasteiger charge is -2.42. The molecule has 0 radical (unpaired) electrons. The third-order valence-electron chi connectivity index (χ3n) is 3.75. The van der Waals surface area contributed by atoms with Gasteiger partial charge < -0.3 is 4.90 Å². The van der Waals surface area contributed by atoms with E-state index in [0.29, 0.717) is 5.56 Å². The van der Waals surface area contributed by atoms with Crippen LogP contribution in [0.25, 0.3) is 0 Å². The van der Waals surface area contributed by atoms with Gasteiger partial charge in [-0.05, 0) is 36.1 Å². The molecule has 1 aliphatic heterocycles. The maximum atomic E-state index is 9.15. The third kappa shape index (κ3) is 2.31. The van der Waals surface area contributed by atoms with Crippen molar-refractivity contribution in [3.05, 3.63) is 29.8 Å². The van der Waals surface area contributed by atoms with Gasteiger partial charge in [0.2, 0.25) is 0 Å². The standard InChI is InChI=1S/C15H17N3/c1-15(2)11-18(8-7-13(15)10-17)14-5-3-12(9-16)4-6-14/h3-6,13H,7-8,11H2,1-2H3. The Morgan fingerprint density at radius 1 is 1.22 bits per heavy atom. The first-order chi connectivity index (χ1) is 8.56. The molecule has 3 heteroatoms. The number of benzene rings is 1. The summed E-state index contributed by atoms with van der Waals surface area (Å²) in [5, 5.41) is 17.9. The number of hydrogen-bond donors (Lipinski definition) is 0. The number of nitrogens with zero attached hydrogens (tertiary/aromatic N) is 3. The van der Waals surface area contributed by atoms with E-state index in [1.54, 1.807) is 0 Å². The van der Waals surface area contributed by atoms with Crippen molar-refractivity contribution in [1.29, 1.82) is 10.5 Å². The molecule has 0 amide bonds. The molecule has 18 heavy (non-hydrogen) atoms. The first-order valence-corrected chi connectivity index (χ1v) is 6.21. The van der Waals surface area contributed by atoms with E-state index in [4.69, 9.17) is 10.5 Å². The topological polar surface area (TPSA) is 50.8 Å². The zero-order valence-electron chi connectivity index (χ0n) is 10.8. The van der Waals surface area contributed by atoms with Crippen LogP contribution in [0.5, 0.6) is 0 Å². The fourth-order valence-corrected chi connectivity index (χ4v) is 2.56. The largest absolute Gasteiger partial charge is 0.371 e. The van der Waals surface area contributed by atoms with Crippen LogP contribution in [0.15, 0.2) is 24.3 Å². The fraction of sp³-hybridized carbons (Fsp3) is 0.467. The Labute approximate surface area is 108 Å². The molecule has 1 aliphatic rings. The van der Waals surface area contributed by atoms with Crippen molar-refractivity contribution in [2.24, 2.45) is 11.3 Å². The van der Waals surface area contributed by atoms with E-state index in [0.717, 1.165) is 25.2 Å². The molecule has 1 unspecified atom stereocenters. The first-order valence-electron chi connectivity index (χ1n) is 6.21. The summed E-state index contributed by atoms with van der Waals surface area (Å²) in [5.41, 5.74) is 1.84. The van der Waals surface area contributed by atoms with Gasteiger partial charge in [0.05, 0.1) is 23.6 Å². The Morgan fingerprint density at radius 3 is 2.39 bits per heavy atom. The molecule has 1 saturated heterocycles. The van der Waals surface area contributed by atoms with Crippen LogP contribution >= 0.6 is 0 Å². The normalized spacial score (nSPS) is 22.0. The molecule has 1 heterocycles. The molecule has 0 saturated carbocycles.